The minimum atomic E-state index is -0.627. The van der Waals surface area contributed by atoms with Crippen molar-refractivity contribution in [3.05, 3.63) is 24.3 Å². The molecule has 0 bridgehead atoms. The molecule has 0 saturated carbocycles. The molecule has 1 amide bonds. The van der Waals surface area contributed by atoms with Gasteiger partial charge >= 0.3 is 0 Å². The lowest BCUT2D eigenvalue weighted by Gasteiger charge is -2.40. The van der Waals surface area contributed by atoms with Crippen LogP contribution in [0.4, 0.5) is 5.69 Å². The number of hydrogen-bond acceptors (Lipinski definition) is 4. The fourth-order valence-electron chi connectivity index (χ4n) is 5.52. The number of aromatic hydroxyl groups is 1. The second-order valence-electron chi connectivity index (χ2n) is 10.4. The first-order chi connectivity index (χ1) is 17.0. The number of aliphatic hydroxyl groups is 2. The van der Waals surface area contributed by atoms with Crippen LogP contribution < -0.4 is 9.80 Å². The van der Waals surface area contributed by atoms with Crippen molar-refractivity contribution in [2.24, 2.45) is 0 Å². The van der Waals surface area contributed by atoms with E-state index >= 15 is 0 Å². The number of nitrogens with zero attached hydrogens (tertiary/aromatic N) is 1. The SMILES string of the molecule is CCCCCCCCCCCCCCCC(=O)NC1C(O)CC[N+]1(CCCO)c1ccc(O)cc1. The van der Waals surface area contributed by atoms with Crippen LogP contribution in [-0.4, -0.2) is 53.2 Å². The van der Waals surface area contributed by atoms with Gasteiger partial charge in [0.2, 0.25) is 5.91 Å². The van der Waals surface area contributed by atoms with Crippen LogP contribution in [0.15, 0.2) is 24.3 Å². The van der Waals surface area contributed by atoms with Crippen molar-refractivity contribution >= 4 is 11.6 Å². The summed E-state index contributed by atoms with van der Waals surface area (Å²) in [5.74, 6) is 0.182. The molecule has 1 aliphatic rings. The number of hydrogen-bond donors (Lipinski definition) is 4. The number of phenols is 1. The highest BCUT2D eigenvalue weighted by Crippen LogP contribution is 2.35. The van der Waals surface area contributed by atoms with Gasteiger partial charge in [-0.15, -0.1) is 0 Å². The van der Waals surface area contributed by atoms with E-state index in [1.54, 1.807) is 12.1 Å². The molecule has 200 valence electrons. The summed E-state index contributed by atoms with van der Waals surface area (Å²) in [6.45, 7) is 3.64. The third-order valence-electron chi connectivity index (χ3n) is 7.62. The van der Waals surface area contributed by atoms with E-state index in [0.717, 1.165) is 18.5 Å². The van der Waals surface area contributed by atoms with Crippen LogP contribution >= 0.6 is 0 Å². The average Bonchev–Trinajstić information content (AvgIpc) is 3.17. The predicted molar refractivity (Wildman–Crippen MR) is 144 cm³/mol. The number of quaternary nitrogens is 1. The highest BCUT2D eigenvalue weighted by atomic mass is 16.3. The van der Waals surface area contributed by atoms with Crippen LogP contribution in [0.1, 0.15) is 110 Å². The Kier molecular flexibility index (Phi) is 14.3. The van der Waals surface area contributed by atoms with Crippen LogP contribution in [0.3, 0.4) is 0 Å². The second-order valence-corrected chi connectivity index (χ2v) is 10.4. The molecule has 0 aromatic heterocycles. The number of carbonyl (C=O) groups is 1. The van der Waals surface area contributed by atoms with E-state index in [2.05, 4.69) is 12.2 Å². The van der Waals surface area contributed by atoms with Gasteiger partial charge in [0.25, 0.3) is 0 Å². The second kappa shape index (κ2) is 16.9. The smallest absolute Gasteiger partial charge is 0.224 e. The van der Waals surface area contributed by atoms with E-state index in [1.807, 2.05) is 12.1 Å². The van der Waals surface area contributed by atoms with Gasteiger partial charge in [0.1, 0.15) is 17.5 Å². The molecule has 6 heteroatoms. The zero-order chi connectivity index (χ0) is 25.4. The summed E-state index contributed by atoms with van der Waals surface area (Å²) in [5.41, 5.74) is 0.944. The third-order valence-corrected chi connectivity index (χ3v) is 7.62. The zero-order valence-electron chi connectivity index (χ0n) is 22.1. The van der Waals surface area contributed by atoms with Gasteiger partial charge in [0, 0.05) is 38.0 Å². The van der Waals surface area contributed by atoms with Gasteiger partial charge in [-0.25, -0.2) is 0 Å². The molecule has 0 aliphatic carbocycles. The van der Waals surface area contributed by atoms with Gasteiger partial charge in [-0.2, -0.15) is 0 Å². The Labute approximate surface area is 213 Å². The molecule has 0 radical (unpaired) electrons. The van der Waals surface area contributed by atoms with E-state index in [9.17, 15) is 20.1 Å². The summed E-state index contributed by atoms with van der Waals surface area (Å²) < 4.78 is 0.409. The van der Waals surface area contributed by atoms with Gasteiger partial charge in [-0.05, 0) is 18.6 Å². The lowest BCUT2D eigenvalue weighted by molar-refractivity contribution is -0.123. The minimum absolute atomic E-state index is 0.00991. The molecule has 1 aliphatic heterocycles. The molecule has 1 saturated heterocycles. The molecule has 3 unspecified atom stereocenters. The molecule has 0 spiro atoms. The van der Waals surface area contributed by atoms with Crippen LogP contribution in [0.2, 0.25) is 0 Å². The Hall–Kier alpha value is -1.63. The van der Waals surface area contributed by atoms with E-state index < -0.39 is 12.3 Å². The number of amides is 1. The van der Waals surface area contributed by atoms with Gasteiger partial charge in [-0.3, -0.25) is 9.28 Å². The van der Waals surface area contributed by atoms with E-state index in [4.69, 9.17) is 0 Å². The number of likely N-dealkylation sites (tertiary alicyclic amines) is 1. The number of benzene rings is 1. The monoisotopic (exact) mass is 491 g/mol. The Morgan fingerprint density at radius 1 is 0.886 bits per heavy atom. The van der Waals surface area contributed by atoms with Crippen molar-refractivity contribution in [1.82, 2.24) is 9.80 Å². The first-order valence-electron chi connectivity index (χ1n) is 14.3. The first kappa shape index (κ1) is 29.6. The molecule has 1 fully saturated rings. The lowest BCUT2D eigenvalue weighted by atomic mass is 10.0. The van der Waals surface area contributed by atoms with Crippen LogP contribution in [-0.2, 0) is 4.79 Å². The standard InChI is InChI=1S/C29H50N2O4/c1-2-3-4-5-6-7-8-9-10-11-12-13-14-16-28(35)30-29-27(34)21-23-31(29,22-15-24-32)25-17-19-26(33)20-18-25/h17-20,27,29,32,34H,2-16,21-24H2,1H3,(H-,30,33,35)/p+1. The number of aliphatic hydroxyl groups excluding tert-OH is 2. The van der Waals surface area contributed by atoms with E-state index in [0.29, 0.717) is 36.8 Å². The van der Waals surface area contributed by atoms with Crippen LogP contribution in [0.25, 0.3) is 0 Å². The number of carbonyl (C=O) groups excluding carboxylic acids is 1. The summed E-state index contributed by atoms with van der Waals surface area (Å²) in [7, 11) is 0. The molecule has 35 heavy (non-hydrogen) atoms. The van der Waals surface area contributed by atoms with Gasteiger partial charge < -0.3 is 20.6 Å². The summed E-state index contributed by atoms with van der Waals surface area (Å²) in [6, 6.07) is 7.00. The highest BCUT2D eigenvalue weighted by Gasteiger charge is 2.49. The Morgan fingerprint density at radius 2 is 1.43 bits per heavy atom. The van der Waals surface area contributed by atoms with Crippen molar-refractivity contribution < 1.29 is 20.1 Å². The predicted octanol–water partition coefficient (Wildman–Crippen LogP) is 5.77. The minimum Gasteiger partial charge on any atom is -0.508 e. The Balaban J connectivity index is 1.69. The number of phenolic OH excluding ortho intramolecular Hbond substituents is 1. The summed E-state index contributed by atoms with van der Waals surface area (Å²) in [6.07, 6.45) is 17.2. The molecule has 4 N–H and O–H groups in total. The zero-order valence-corrected chi connectivity index (χ0v) is 22.1. The Bertz CT molecular complexity index is 696. The van der Waals surface area contributed by atoms with Gasteiger partial charge in [-0.1, -0.05) is 84.0 Å². The topological polar surface area (TPSA) is 89.8 Å². The van der Waals surface area contributed by atoms with Gasteiger partial charge in [0.15, 0.2) is 6.17 Å². The quantitative estimate of drug-likeness (QED) is 0.146. The molecule has 1 heterocycles. The molecule has 1 aromatic rings. The molecule has 1 aromatic carbocycles. The maximum Gasteiger partial charge on any atom is 0.224 e. The van der Waals surface area contributed by atoms with Crippen LogP contribution in [0, 0.1) is 0 Å². The summed E-state index contributed by atoms with van der Waals surface area (Å²) >= 11 is 0. The molecular weight excluding hydrogens is 440 g/mol. The fraction of sp³-hybridized carbons (Fsp3) is 0.759. The first-order valence-corrected chi connectivity index (χ1v) is 14.3. The molecule has 2 rings (SSSR count). The van der Waals surface area contributed by atoms with E-state index in [1.165, 1.54) is 70.6 Å². The molecule has 6 nitrogen and oxygen atoms in total. The number of rotatable bonds is 19. The van der Waals surface area contributed by atoms with Crippen molar-refractivity contribution in [1.29, 1.82) is 0 Å². The fourth-order valence-corrected chi connectivity index (χ4v) is 5.52. The normalized spacial score (nSPS) is 21.9. The van der Waals surface area contributed by atoms with Gasteiger partial charge in [0.05, 0.1) is 13.1 Å². The maximum absolute atomic E-state index is 12.8. The molecule has 3 atom stereocenters. The number of unbranched alkanes of at least 4 members (excludes halogenated alkanes) is 12. The van der Waals surface area contributed by atoms with Crippen molar-refractivity contribution in [3.8, 4) is 5.75 Å². The largest absolute Gasteiger partial charge is 0.508 e. The summed E-state index contributed by atoms with van der Waals surface area (Å²) in [4.78, 5) is 12.8. The molecular formula is C29H51N2O4+. The average molecular weight is 492 g/mol. The van der Waals surface area contributed by atoms with Crippen molar-refractivity contribution in [2.75, 3.05) is 19.7 Å². The Morgan fingerprint density at radius 3 is 1.97 bits per heavy atom. The summed E-state index contributed by atoms with van der Waals surface area (Å²) in [5, 5.41) is 33.0. The van der Waals surface area contributed by atoms with Crippen molar-refractivity contribution in [2.45, 2.75) is 122 Å². The van der Waals surface area contributed by atoms with E-state index in [-0.39, 0.29) is 18.3 Å². The lowest BCUT2D eigenvalue weighted by Crippen LogP contribution is -2.63. The van der Waals surface area contributed by atoms with Crippen LogP contribution in [0.5, 0.6) is 5.75 Å². The number of nitrogens with one attached hydrogen (secondary N) is 1. The highest BCUT2D eigenvalue weighted by molar-refractivity contribution is 5.76. The van der Waals surface area contributed by atoms with Crippen molar-refractivity contribution in [3.63, 3.8) is 0 Å². The maximum atomic E-state index is 12.8. The third kappa shape index (κ3) is 10.1.